The fourth-order valence-corrected chi connectivity index (χ4v) is 6.11. The highest BCUT2D eigenvalue weighted by Gasteiger charge is 2.39. The molecule has 2 aliphatic rings. The van der Waals surface area contributed by atoms with Gasteiger partial charge < -0.3 is 14.6 Å². The van der Waals surface area contributed by atoms with E-state index < -0.39 is 22.1 Å². The smallest absolute Gasteiger partial charge is 0.303 e. The maximum atomic E-state index is 13.5. The van der Waals surface area contributed by atoms with E-state index in [4.69, 9.17) is 9.47 Å². The zero-order chi connectivity index (χ0) is 22.2. The van der Waals surface area contributed by atoms with Crippen molar-refractivity contribution < 1.29 is 27.8 Å². The van der Waals surface area contributed by atoms with Crippen molar-refractivity contribution in [3.63, 3.8) is 0 Å². The fraction of sp³-hybridized carbons (Fsp3) is 0.435. The number of hydrogen-bond donors (Lipinski definition) is 1. The molecule has 0 amide bonds. The maximum absolute atomic E-state index is 13.5. The van der Waals surface area contributed by atoms with Crippen LogP contribution in [0.1, 0.15) is 35.4 Å². The van der Waals surface area contributed by atoms with Crippen molar-refractivity contribution in [1.29, 1.82) is 0 Å². The zero-order valence-electron chi connectivity index (χ0n) is 17.7. The van der Waals surface area contributed by atoms with Gasteiger partial charge in [-0.1, -0.05) is 30.3 Å². The lowest BCUT2D eigenvalue weighted by Gasteiger charge is -2.33. The number of sulfonamides is 1. The van der Waals surface area contributed by atoms with Crippen LogP contribution in [-0.2, 0) is 26.1 Å². The van der Waals surface area contributed by atoms with Gasteiger partial charge in [-0.2, -0.15) is 4.31 Å². The number of aliphatic carboxylic acids is 1. The Morgan fingerprint density at radius 3 is 2.77 bits per heavy atom. The largest absolute Gasteiger partial charge is 0.487 e. The third kappa shape index (κ3) is 4.33. The average Bonchev–Trinajstić information content (AvgIpc) is 2.82. The second-order valence-corrected chi connectivity index (χ2v) is 10.2. The van der Waals surface area contributed by atoms with Crippen LogP contribution in [0, 0.1) is 12.8 Å². The summed E-state index contributed by atoms with van der Waals surface area (Å²) in [6.07, 6.45) is 0.0520. The molecule has 8 heteroatoms. The molecule has 0 saturated carbocycles. The molecular formula is C23H27NO6S. The minimum absolute atomic E-state index is 0.00592. The first kappa shape index (κ1) is 21.8. The molecule has 4 atom stereocenters. The van der Waals surface area contributed by atoms with E-state index in [9.17, 15) is 18.3 Å². The summed E-state index contributed by atoms with van der Waals surface area (Å²) in [6.45, 7) is 2.66. The highest BCUT2D eigenvalue weighted by atomic mass is 32.2. The van der Waals surface area contributed by atoms with E-state index in [0.717, 1.165) is 16.7 Å². The van der Waals surface area contributed by atoms with E-state index in [-0.39, 0.29) is 36.2 Å². The Kier molecular flexibility index (Phi) is 6.05. The molecule has 2 aromatic rings. The van der Waals surface area contributed by atoms with Crippen LogP contribution in [-0.4, -0.2) is 50.2 Å². The van der Waals surface area contributed by atoms with Crippen LogP contribution in [0.3, 0.4) is 0 Å². The average molecular weight is 446 g/mol. The van der Waals surface area contributed by atoms with Crippen LogP contribution < -0.4 is 4.74 Å². The molecule has 3 unspecified atom stereocenters. The molecule has 166 valence electrons. The number of rotatable bonds is 4. The molecule has 4 bridgehead atoms. The molecule has 7 nitrogen and oxygen atoms in total. The Morgan fingerprint density at radius 2 is 2.03 bits per heavy atom. The van der Waals surface area contributed by atoms with Crippen molar-refractivity contribution in [2.75, 3.05) is 20.3 Å². The zero-order valence-corrected chi connectivity index (χ0v) is 18.5. The number of fused-ring (bicyclic) bond motifs is 5. The predicted molar refractivity (Wildman–Crippen MR) is 115 cm³/mol. The molecule has 0 aromatic heterocycles. The van der Waals surface area contributed by atoms with Gasteiger partial charge in [0.1, 0.15) is 16.7 Å². The van der Waals surface area contributed by atoms with Gasteiger partial charge in [0.15, 0.2) is 0 Å². The molecule has 0 saturated heterocycles. The van der Waals surface area contributed by atoms with E-state index in [1.54, 1.807) is 31.4 Å². The van der Waals surface area contributed by atoms with Gasteiger partial charge in [0, 0.05) is 19.6 Å². The van der Waals surface area contributed by atoms with Gasteiger partial charge in [0.05, 0.1) is 19.6 Å². The van der Waals surface area contributed by atoms with Crippen LogP contribution >= 0.6 is 0 Å². The number of para-hydroxylation sites is 1. The Hall–Kier alpha value is -2.42. The van der Waals surface area contributed by atoms with Gasteiger partial charge >= 0.3 is 5.97 Å². The molecule has 31 heavy (non-hydrogen) atoms. The standard InChI is InChI=1S/C23H27NO6S/c1-15-7-8-16-9-18(15)12-24-13-21(19(14-29-2)10-17(16)11-23(25)26)30-20-5-3-4-6-22(20)31(24,27)28/h3-9,17,19,21H,10-14H2,1-2H3,(H,25,26)/t17?,19?,21-/m0/s1. The summed E-state index contributed by atoms with van der Waals surface area (Å²) in [7, 11) is -2.17. The maximum Gasteiger partial charge on any atom is 0.303 e. The topological polar surface area (TPSA) is 93.1 Å². The number of aryl methyl sites for hydroxylation is 1. The highest BCUT2D eigenvalue weighted by Crippen LogP contribution is 2.38. The van der Waals surface area contributed by atoms with E-state index in [1.165, 1.54) is 4.31 Å². The molecule has 0 aliphatic carbocycles. The number of benzene rings is 2. The van der Waals surface area contributed by atoms with Crippen LogP contribution in [0.5, 0.6) is 5.75 Å². The molecule has 0 spiro atoms. The van der Waals surface area contributed by atoms with Crippen molar-refractivity contribution >= 4 is 16.0 Å². The number of nitrogens with zero attached hydrogens (tertiary/aromatic N) is 1. The lowest BCUT2D eigenvalue weighted by Crippen LogP contribution is -2.42. The van der Waals surface area contributed by atoms with E-state index in [2.05, 4.69) is 0 Å². The number of carbonyl (C=O) groups is 1. The summed E-state index contributed by atoms with van der Waals surface area (Å²) >= 11 is 0. The third-order valence-electron chi connectivity index (χ3n) is 6.24. The SMILES string of the molecule is COCC1CC(CC(=O)O)c2ccc(C)c(c2)CN2C[C@@H]1Oc1ccccc1S2(=O)=O. The lowest BCUT2D eigenvalue weighted by atomic mass is 9.82. The molecule has 0 fully saturated rings. The fourth-order valence-electron chi connectivity index (χ4n) is 4.55. The second kappa shape index (κ2) is 8.61. The van der Waals surface area contributed by atoms with Gasteiger partial charge in [-0.3, -0.25) is 4.79 Å². The minimum Gasteiger partial charge on any atom is -0.487 e. The quantitative estimate of drug-likeness (QED) is 0.777. The van der Waals surface area contributed by atoms with Crippen LogP contribution in [0.15, 0.2) is 47.4 Å². The molecule has 2 aliphatic heterocycles. The number of carboxylic acid groups (broad SMARTS) is 1. The first-order valence-corrected chi connectivity index (χ1v) is 11.8. The van der Waals surface area contributed by atoms with Gasteiger partial charge in [-0.15, -0.1) is 0 Å². The van der Waals surface area contributed by atoms with Gasteiger partial charge in [0.25, 0.3) is 0 Å². The van der Waals surface area contributed by atoms with Gasteiger partial charge in [-0.05, 0) is 48.1 Å². The lowest BCUT2D eigenvalue weighted by molar-refractivity contribution is -0.137. The summed E-state index contributed by atoms with van der Waals surface area (Å²) in [4.78, 5) is 11.8. The Morgan fingerprint density at radius 1 is 1.26 bits per heavy atom. The number of ether oxygens (including phenoxy) is 2. The first-order chi connectivity index (χ1) is 14.8. The summed E-state index contributed by atoms with van der Waals surface area (Å²) < 4.78 is 40.2. The van der Waals surface area contributed by atoms with Gasteiger partial charge in [-0.25, -0.2) is 8.42 Å². The summed E-state index contributed by atoms with van der Waals surface area (Å²) in [6, 6.07) is 12.5. The van der Waals surface area contributed by atoms with E-state index in [0.29, 0.717) is 18.8 Å². The highest BCUT2D eigenvalue weighted by molar-refractivity contribution is 7.89. The Bertz CT molecular complexity index is 1080. The van der Waals surface area contributed by atoms with Crippen LogP contribution in [0.25, 0.3) is 0 Å². The molecule has 1 N–H and O–H groups in total. The van der Waals surface area contributed by atoms with E-state index in [1.807, 2.05) is 25.1 Å². The second-order valence-electron chi connectivity index (χ2n) is 8.33. The number of hydrogen-bond acceptors (Lipinski definition) is 5. The van der Waals surface area contributed by atoms with Crippen molar-refractivity contribution in [3.8, 4) is 5.75 Å². The van der Waals surface area contributed by atoms with Gasteiger partial charge in [0.2, 0.25) is 10.0 Å². The van der Waals surface area contributed by atoms with Crippen molar-refractivity contribution in [3.05, 3.63) is 59.2 Å². The number of carboxylic acids is 1. The molecular weight excluding hydrogens is 418 g/mol. The van der Waals surface area contributed by atoms with Crippen molar-refractivity contribution in [2.24, 2.45) is 5.92 Å². The third-order valence-corrected chi connectivity index (χ3v) is 8.09. The predicted octanol–water partition coefficient (Wildman–Crippen LogP) is 3.17. The van der Waals surface area contributed by atoms with E-state index >= 15 is 0 Å². The van der Waals surface area contributed by atoms with Crippen molar-refractivity contribution in [2.45, 2.75) is 43.2 Å². The molecule has 2 aromatic carbocycles. The Labute approximate surface area is 182 Å². The molecule has 2 heterocycles. The molecule has 4 rings (SSSR count). The summed E-state index contributed by atoms with van der Waals surface area (Å²) in [5.74, 6) is -0.937. The van der Waals surface area contributed by atoms with Crippen molar-refractivity contribution in [1.82, 2.24) is 4.31 Å². The first-order valence-electron chi connectivity index (χ1n) is 10.4. The summed E-state index contributed by atoms with van der Waals surface area (Å²) in [5.41, 5.74) is 2.75. The molecule has 0 radical (unpaired) electrons. The monoisotopic (exact) mass is 445 g/mol. The number of methoxy groups -OCH3 is 1. The normalized spacial score (nSPS) is 26.8. The minimum atomic E-state index is -3.76. The summed E-state index contributed by atoms with van der Waals surface area (Å²) in [5, 5.41) is 9.53. The Balaban J connectivity index is 1.88. The van der Waals surface area contributed by atoms with Crippen LogP contribution in [0.2, 0.25) is 0 Å². The van der Waals surface area contributed by atoms with Crippen LogP contribution in [0.4, 0.5) is 0 Å².